The van der Waals surface area contributed by atoms with Gasteiger partial charge in [0.2, 0.25) is 0 Å². The van der Waals surface area contributed by atoms with Crippen LogP contribution < -0.4 is 0 Å². The molecular formula is HF2PSe+. The van der Waals surface area contributed by atoms with E-state index in [2.05, 4.69) is 0 Å². The molecule has 1 radical (unpaired) electrons. The summed E-state index contributed by atoms with van der Waals surface area (Å²) in [7, 11) is 0. The monoisotopic (exact) mass is 150 g/mol. The fourth-order valence-electron chi connectivity index (χ4n) is 0. The second-order valence-electron chi connectivity index (χ2n) is 0.215. The van der Waals surface area contributed by atoms with Crippen molar-refractivity contribution in [3.63, 3.8) is 0 Å². The van der Waals surface area contributed by atoms with Crippen LogP contribution in [0.2, 0.25) is 0 Å². The molecule has 0 spiro atoms. The zero-order chi connectivity index (χ0) is 3.58. The van der Waals surface area contributed by atoms with Crippen LogP contribution in [0.3, 0.4) is 0 Å². The minimum atomic E-state index is -2.68. The Morgan fingerprint density at radius 2 is 1.50 bits per heavy atom. The van der Waals surface area contributed by atoms with Crippen molar-refractivity contribution in [2.45, 2.75) is 0 Å². The van der Waals surface area contributed by atoms with Crippen LogP contribution in [0.25, 0.3) is 0 Å². The number of hydrogen-bond donors (Lipinski definition) is 0. The first-order valence-electron chi connectivity index (χ1n) is 0.538. The zero-order valence-electron chi connectivity index (χ0n) is 1.65. The van der Waals surface area contributed by atoms with Crippen LogP contribution in [0.15, 0.2) is 0 Å². The Bertz CT molecular complexity index is 29.0. The van der Waals surface area contributed by atoms with Gasteiger partial charge in [0.25, 0.3) is 0 Å². The molecule has 25 valence electrons. The third-order valence-corrected chi connectivity index (χ3v) is 0. The molecule has 4 heavy (non-hydrogen) atoms. The van der Waals surface area contributed by atoms with E-state index < -0.39 is 6.79 Å². The Hall–Kier alpha value is 0.679. The molecule has 0 aliphatic heterocycles. The van der Waals surface area contributed by atoms with Crippen LogP contribution in [0.4, 0.5) is 8.39 Å². The Morgan fingerprint density at radius 1 is 1.50 bits per heavy atom. The average molecular weight is 149 g/mol. The van der Waals surface area contributed by atoms with E-state index in [0.29, 0.717) is 0 Å². The van der Waals surface area contributed by atoms with Gasteiger partial charge >= 0.3 is 30.3 Å². The van der Waals surface area contributed by atoms with Crippen LogP contribution in [0.1, 0.15) is 0 Å². The first kappa shape index (κ1) is 4.68. The van der Waals surface area contributed by atoms with Gasteiger partial charge in [0.1, 0.15) is 0 Å². The third kappa shape index (κ3) is 16.4. The predicted octanol–water partition coefficient (Wildman–Crippen LogP) is 1.05. The van der Waals surface area contributed by atoms with E-state index in [9.17, 15) is 8.39 Å². The normalized spacial score (nSPS) is 6.50. The Labute approximate surface area is 31.1 Å². The van der Waals surface area contributed by atoms with Gasteiger partial charge in [-0.3, -0.25) is 0 Å². The summed E-state index contributed by atoms with van der Waals surface area (Å²) in [5.74, 6) is 0. The van der Waals surface area contributed by atoms with Gasteiger partial charge in [-0.05, 0) is 0 Å². The summed E-state index contributed by atoms with van der Waals surface area (Å²) in [4.78, 5) is 0. The summed E-state index contributed by atoms with van der Waals surface area (Å²) in [5, 5.41) is 0. The van der Waals surface area contributed by atoms with E-state index in [0.717, 1.165) is 0 Å². The van der Waals surface area contributed by atoms with E-state index in [1.54, 1.807) is 0 Å². The molecule has 0 rings (SSSR count). The van der Waals surface area contributed by atoms with Crippen LogP contribution in [0, 0.1) is 0 Å². The molecule has 0 amide bonds. The molecule has 0 aromatic rings. The molecule has 0 unspecified atom stereocenters. The third-order valence-electron chi connectivity index (χ3n) is 0. The maximum absolute atomic E-state index is 10.4. The number of halogens is 2. The minimum absolute atomic E-state index is 1.27. The van der Waals surface area contributed by atoms with Crippen molar-refractivity contribution in [2.24, 2.45) is 0 Å². The standard InChI is InChI=1S/F2HPSe/c1-3(2)4/h4H/q+1. The fraction of sp³-hybridized carbons (Fsp3) is 0. The molecular weight excluding hydrogens is 148 g/mol. The van der Waals surface area contributed by atoms with Crippen LogP contribution in [-0.2, 0) is 0 Å². The van der Waals surface area contributed by atoms with E-state index in [4.69, 9.17) is 0 Å². The van der Waals surface area contributed by atoms with Crippen molar-refractivity contribution in [1.29, 1.82) is 0 Å². The Balaban J connectivity index is 2.80. The topological polar surface area (TPSA) is 0 Å². The van der Waals surface area contributed by atoms with E-state index in [1.165, 1.54) is 15.1 Å². The summed E-state index contributed by atoms with van der Waals surface area (Å²) in [5.41, 5.74) is 0. The molecule has 0 bridgehead atoms. The predicted molar refractivity (Wildman–Crippen MR) is 16.3 cm³/mol. The zero-order valence-corrected chi connectivity index (χ0v) is 4.42. The van der Waals surface area contributed by atoms with Gasteiger partial charge in [-0.1, -0.05) is 0 Å². The summed E-state index contributed by atoms with van der Waals surface area (Å²) >= 11 is 1.27. The van der Waals surface area contributed by atoms with Crippen LogP contribution in [-0.4, -0.2) is 15.1 Å². The summed E-state index contributed by atoms with van der Waals surface area (Å²) in [6.07, 6.45) is 0. The molecule has 0 N–H and O–H groups in total. The molecule has 0 fully saturated rings. The molecule has 0 saturated carbocycles. The van der Waals surface area contributed by atoms with Crippen molar-refractivity contribution in [3.8, 4) is 0 Å². The first-order chi connectivity index (χ1) is 1.73. The summed E-state index contributed by atoms with van der Waals surface area (Å²) < 4.78 is 20.7. The summed E-state index contributed by atoms with van der Waals surface area (Å²) in [6, 6.07) is 0. The maximum atomic E-state index is 10.4. The van der Waals surface area contributed by atoms with Crippen molar-refractivity contribution in [3.05, 3.63) is 0 Å². The SMILES string of the molecule is F[P+](F)=[SeH]. The second-order valence-corrected chi connectivity index (χ2v) is 2.55. The molecule has 0 aromatic heterocycles. The molecule has 0 aliphatic rings. The van der Waals surface area contributed by atoms with E-state index >= 15 is 0 Å². The van der Waals surface area contributed by atoms with Crippen molar-refractivity contribution in [1.82, 2.24) is 0 Å². The molecule has 4 heteroatoms. The van der Waals surface area contributed by atoms with Gasteiger partial charge in [0, 0.05) is 0 Å². The van der Waals surface area contributed by atoms with E-state index in [1.807, 2.05) is 0 Å². The molecule has 0 saturated heterocycles. The molecule has 0 nitrogen and oxygen atoms in total. The molecule has 0 aliphatic carbocycles. The Kier molecular flexibility index (Phi) is 2.28. The van der Waals surface area contributed by atoms with Crippen LogP contribution >= 0.6 is 6.79 Å². The van der Waals surface area contributed by atoms with Gasteiger partial charge in [-0.25, -0.2) is 0 Å². The second kappa shape index (κ2) is 1.95. The van der Waals surface area contributed by atoms with Crippen molar-refractivity contribution >= 4 is 21.9 Å². The first-order valence-corrected chi connectivity index (χ1v) is 4.13. The van der Waals surface area contributed by atoms with Gasteiger partial charge in [-0.15, -0.1) is 0 Å². The number of hydrogen-bond acceptors (Lipinski definition) is 0. The van der Waals surface area contributed by atoms with Crippen molar-refractivity contribution < 1.29 is 8.39 Å². The Morgan fingerprint density at radius 3 is 1.50 bits per heavy atom. The number of rotatable bonds is 0. The van der Waals surface area contributed by atoms with E-state index in [-0.39, 0.29) is 0 Å². The van der Waals surface area contributed by atoms with Gasteiger partial charge in [-0.2, -0.15) is 0 Å². The van der Waals surface area contributed by atoms with Crippen LogP contribution in [0.5, 0.6) is 0 Å². The summed E-state index contributed by atoms with van der Waals surface area (Å²) in [6.45, 7) is -2.68. The average Bonchev–Trinajstić information content (AvgIpc) is 0.811. The quantitative estimate of drug-likeness (QED) is 0.356. The molecule has 0 atom stereocenters. The van der Waals surface area contributed by atoms with Gasteiger partial charge < -0.3 is 0 Å². The van der Waals surface area contributed by atoms with Gasteiger partial charge in [0.15, 0.2) is 0 Å². The molecule has 0 aromatic carbocycles. The fourth-order valence-corrected chi connectivity index (χ4v) is 0. The molecule has 0 heterocycles. The van der Waals surface area contributed by atoms with Gasteiger partial charge in [0.05, 0.1) is 0 Å². The van der Waals surface area contributed by atoms with Crippen molar-refractivity contribution in [2.75, 3.05) is 0 Å².